The summed E-state index contributed by atoms with van der Waals surface area (Å²) in [6, 6.07) is 5.01. The van der Waals surface area contributed by atoms with Gasteiger partial charge >= 0.3 is 0 Å². The first kappa shape index (κ1) is 18.6. The van der Waals surface area contributed by atoms with Crippen LogP contribution in [0.25, 0.3) is 0 Å². The second-order valence-corrected chi connectivity index (χ2v) is 6.29. The van der Waals surface area contributed by atoms with E-state index in [2.05, 4.69) is 10.2 Å². The van der Waals surface area contributed by atoms with E-state index in [1.807, 2.05) is 4.90 Å². The van der Waals surface area contributed by atoms with Gasteiger partial charge in [0.25, 0.3) is 11.6 Å². The predicted octanol–water partition coefficient (Wildman–Crippen LogP) is 1.44. The minimum absolute atomic E-state index is 0. The predicted molar refractivity (Wildman–Crippen MR) is 93.8 cm³/mol. The summed E-state index contributed by atoms with van der Waals surface area (Å²) in [5.41, 5.74) is 1.13. The molecule has 1 N–H and O–H groups in total. The van der Waals surface area contributed by atoms with Gasteiger partial charge in [-0.1, -0.05) is 0 Å². The number of hydrogen-bond donors (Lipinski definition) is 1. The summed E-state index contributed by atoms with van der Waals surface area (Å²) in [6.07, 6.45) is 0.972. The number of hydrogen-bond acceptors (Lipinski definition) is 5. The summed E-state index contributed by atoms with van der Waals surface area (Å²) in [5.74, 6) is -0.102. The third kappa shape index (κ3) is 4.03. The van der Waals surface area contributed by atoms with E-state index in [9.17, 15) is 14.9 Å². The Morgan fingerprint density at radius 1 is 1.25 bits per heavy atom. The number of amides is 1. The van der Waals surface area contributed by atoms with Crippen LogP contribution in [0.1, 0.15) is 22.3 Å². The summed E-state index contributed by atoms with van der Waals surface area (Å²) in [7, 11) is 0. The smallest absolute Gasteiger partial charge is 0.270 e. The standard InChI is InChI=1S/C16H22N4O3.ClH/c1-12-8-13(10-15(9-12)20(22)23)16(21)19-5-2-14(11-19)18-6-3-17-4-7-18;/h8-10,14,17H,2-7,11H2,1H3;1H. The topological polar surface area (TPSA) is 78.7 Å². The molecule has 1 unspecified atom stereocenters. The SMILES string of the molecule is Cc1cc(C(=O)N2CCC(N3CCNCC3)C2)cc([N+](=O)[O-])c1.Cl. The van der Waals surface area contributed by atoms with E-state index in [0.29, 0.717) is 18.2 Å². The lowest BCUT2D eigenvalue weighted by molar-refractivity contribution is -0.384. The van der Waals surface area contributed by atoms with Gasteiger partial charge in [-0.3, -0.25) is 19.8 Å². The number of carbonyl (C=O) groups excluding carboxylic acids is 1. The molecule has 2 aliphatic rings. The van der Waals surface area contributed by atoms with Gasteiger partial charge in [-0.15, -0.1) is 12.4 Å². The Labute approximate surface area is 147 Å². The van der Waals surface area contributed by atoms with Gasteiger partial charge in [-0.05, 0) is 25.0 Å². The lowest BCUT2D eigenvalue weighted by atomic mass is 10.1. The van der Waals surface area contributed by atoms with Gasteiger partial charge in [0.15, 0.2) is 0 Å². The Bertz CT molecular complexity index is 619. The molecule has 0 radical (unpaired) electrons. The van der Waals surface area contributed by atoms with Crippen LogP contribution in [0, 0.1) is 17.0 Å². The zero-order valence-corrected chi connectivity index (χ0v) is 14.6. The lowest BCUT2D eigenvalue weighted by Gasteiger charge is -2.32. The van der Waals surface area contributed by atoms with Crippen LogP contribution in [0.5, 0.6) is 0 Å². The zero-order valence-electron chi connectivity index (χ0n) is 13.7. The molecule has 132 valence electrons. The first-order valence-electron chi connectivity index (χ1n) is 8.05. The Balaban J connectivity index is 0.00000208. The van der Waals surface area contributed by atoms with E-state index < -0.39 is 4.92 Å². The van der Waals surface area contributed by atoms with Gasteiger partial charge in [0, 0.05) is 63.0 Å². The quantitative estimate of drug-likeness (QED) is 0.656. The molecule has 2 fully saturated rings. The molecule has 0 aromatic heterocycles. The van der Waals surface area contributed by atoms with Crippen LogP contribution in [0.15, 0.2) is 18.2 Å². The van der Waals surface area contributed by atoms with Crippen molar-refractivity contribution in [2.75, 3.05) is 39.3 Å². The number of nitrogens with one attached hydrogen (secondary N) is 1. The third-order valence-electron chi connectivity index (χ3n) is 4.64. The molecule has 24 heavy (non-hydrogen) atoms. The van der Waals surface area contributed by atoms with Crippen LogP contribution >= 0.6 is 12.4 Å². The lowest BCUT2D eigenvalue weighted by Crippen LogP contribution is -2.49. The number of non-ortho nitro benzene ring substituents is 1. The molecule has 0 spiro atoms. The van der Waals surface area contributed by atoms with Crippen molar-refractivity contribution in [2.24, 2.45) is 0 Å². The van der Waals surface area contributed by atoms with Crippen molar-refractivity contribution >= 4 is 24.0 Å². The van der Waals surface area contributed by atoms with Gasteiger partial charge < -0.3 is 10.2 Å². The van der Waals surface area contributed by atoms with Crippen LogP contribution < -0.4 is 5.32 Å². The largest absolute Gasteiger partial charge is 0.337 e. The Morgan fingerprint density at radius 3 is 2.62 bits per heavy atom. The summed E-state index contributed by atoms with van der Waals surface area (Å²) < 4.78 is 0. The number of carbonyl (C=O) groups is 1. The molecule has 8 heteroatoms. The number of benzene rings is 1. The average molecular weight is 355 g/mol. The van der Waals surface area contributed by atoms with Gasteiger partial charge in [0.1, 0.15) is 0 Å². The van der Waals surface area contributed by atoms with E-state index in [1.54, 1.807) is 13.0 Å². The maximum absolute atomic E-state index is 12.7. The highest BCUT2D eigenvalue weighted by atomic mass is 35.5. The highest BCUT2D eigenvalue weighted by molar-refractivity contribution is 5.95. The molecule has 0 aliphatic carbocycles. The van der Waals surface area contributed by atoms with Crippen molar-refractivity contribution in [3.05, 3.63) is 39.4 Å². The van der Waals surface area contributed by atoms with Gasteiger partial charge in [0.05, 0.1) is 4.92 Å². The van der Waals surface area contributed by atoms with E-state index >= 15 is 0 Å². The second kappa shape index (κ2) is 7.92. The molecule has 2 aliphatic heterocycles. The van der Waals surface area contributed by atoms with Crippen LogP contribution in [0.2, 0.25) is 0 Å². The van der Waals surface area contributed by atoms with E-state index in [4.69, 9.17) is 0 Å². The summed E-state index contributed by atoms with van der Waals surface area (Å²) in [4.78, 5) is 27.5. The van der Waals surface area contributed by atoms with Gasteiger partial charge in [0.2, 0.25) is 0 Å². The fourth-order valence-corrected chi connectivity index (χ4v) is 3.45. The van der Waals surface area contributed by atoms with Gasteiger partial charge in [-0.2, -0.15) is 0 Å². The summed E-state index contributed by atoms with van der Waals surface area (Å²) >= 11 is 0. The highest BCUT2D eigenvalue weighted by Crippen LogP contribution is 2.22. The van der Waals surface area contributed by atoms with Crippen LogP contribution in [0.4, 0.5) is 5.69 Å². The van der Waals surface area contributed by atoms with Crippen molar-refractivity contribution in [1.29, 1.82) is 0 Å². The van der Waals surface area contributed by atoms with Gasteiger partial charge in [-0.25, -0.2) is 0 Å². The van der Waals surface area contributed by atoms with Crippen molar-refractivity contribution in [3.63, 3.8) is 0 Å². The number of nitro benzene ring substituents is 1. The third-order valence-corrected chi connectivity index (χ3v) is 4.64. The number of piperazine rings is 1. The molecule has 1 amide bonds. The number of nitro groups is 1. The van der Waals surface area contributed by atoms with Crippen molar-refractivity contribution in [2.45, 2.75) is 19.4 Å². The highest BCUT2D eigenvalue weighted by Gasteiger charge is 2.31. The minimum Gasteiger partial charge on any atom is -0.337 e. The zero-order chi connectivity index (χ0) is 16.4. The fourth-order valence-electron chi connectivity index (χ4n) is 3.45. The maximum Gasteiger partial charge on any atom is 0.270 e. The van der Waals surface area contributed by atoms with Crippen molar-refractivity contribution in [3.8, 4) is 0 Å². The molecule has 2 saturated heterocycles. The van der Waals surface area contributed by atoms with Crippen LogP contribution in [0.3, 0.4) is 0 Å². The number of halogens is 1. The molecule has 3 rings (SSSR count). The molecular weight excluding hydrogens is 332 g/mol. The van der Waals surface area contributed by atoms with E-state index in [0.717, 1.165) is 44.7 Å². The first-order chi connectivity index (χ1) is 11.0. The summed E-state index contributed by atoms with van der Waals surface area (Å²) in [6.45, 7) is 7.22. The molecule has 0 bridgehead atoms. The number of aryl methyl sites for hydroxylation is 1. The normalized spacial score (nSPS) is 21.4. The minimum atomic E-state index is -0.447. The van der Waals surface area contributed by atoms with E-state index in [-0.39, 0.29) is 24.0 Å². The van der Waals surface area contributed by atoms with Crippen molar-refractivity contribution < 1.29 is 9.72 Å². The molecule has 1 aromatic carbocycles. The average Bonchev–Trinajstić information content (AvgIpc) is 3.04. The number of rotatable bonds is 3. The molecular formula is C16H23ClN4O3. The van der Waals surface area contributed by atoms with Crippen molar-refractivity contribution in [1.82, 2.24) is 15.1 Å². The number of likely N-dealkylation sites (tertiary alicyclic amines) is 1. The van der Waals surface area contributed by atoms with Crippen LogP contribution in [-0.4, -0.2) is 65.9 Å². The molecule has 0 saturated carbocycles. The number of nitrogens with zero attached hydrogens (tertiary/aromatic N) is 3. The Kier molecular flexibility index (Phi) is 6.15. The molecule has 2 heterocycles. The maximum atomic E-state index is 12.7. The summed E-state index contributed by atoms with van der Waals surface area (Å²) in [5, 5.41) is 14.3. The molecule has 1 atom stereocenters. The Morgan fingerprint density at radius 2 is 1.96 bits per heavy atom. The first-order valence-corrected chi connectivity index (χ1v) is 8.05. The molecule has 1 aromatic rings. The van der Waals surface area contributed by atoms with Crippen LogP contribution in [-0.2, 0) is 0 Å². The van der Waals surface area contributed by atoms with E-state index in [1.165, 1.54) is 12.1 Å². The molecule has 7 nitrogen and oxygen atoms in total. The fraction of sp³-hybridized carbons (Fsp3) is 0.562. The Hall–Kier alpha value is -1.70. The monoisotopic (exact) mass is 354 g/mol. The second-order valence-electron chi connectivity index (χ2n) is 6.29.